The first-order valence-corrected chi connectivity index (χ1v) is 10.0. The molecule has 146 valence electrons. The van der Waals surface area contributed by atoms with Crippen molar-refractivity contribution in [1.29, 1.82) is 0 Å². The molecule has 0 radical (unpaired) electrons. The van der Waals surface area contributed by atoms with Gasteiger partial charge in [0.15, 0.2) is 5.03 Å². The summed E-state index contributed by atoms with van der Waals surface area (Å²) in [4.78, 5) is 29.0. The summed E-state index contributed by atoms with van der Waals surface area (Å²) in [6, 6.07) is -0.225. The van der Waals surface area contributed by atoms with Crippen LogP contribution < -0.4 is 0 Å². The highest BCUT2D eigenvalue weighted by Crippen LogP contribution is 2.25. The summed E-state index contributed by atoms with van der Waals surface area (Å²) in [5.41, 5.74) is 0. The Balaban J connectivity index is 2.06. The Morgan fingerprint density at radius 3 is 2.35 bits per heavy atom. The van der Waals surface area contributed by atoms with E-state index in [2.05, 4.69) is 4.98 Å². The molecule has 0 atom stereocenters. The fourth-order valence-corrected chi connectivity index (χ4v) is 4.52. The minimum absolute atomic E-state index is 0.0111. The maximum Gasteiger partial charge on any atom is 0.323 e. The number of hydrogen-bond donors (Lipinski definition) is 1. The van der Waals surface area contributed by atoms with E-state index in [1.807, 2.05) is 0 Å². The van der Waals surface area contributed by atoms with Crippen LogP contribution in [-0.2, 0) is 26.7 Å². The molecular weight excluding hydrogens is 360 g/mol. The number of aliphatic carboxylic acids is 1. The lowest BCUT2D eigenvalue weighted by atomic mass is 9.96. The summed E-state index contributed by atoms with van der Waals surface area (Å²) in [7, 11) is -1.95. The van der Waals surface area contributed by atoms with Crippen LogP contribution in [0.4, 0.5) is 0 Å². The van der Waals surface area contributed by atoms with Gasteiger partial charge in [-0.25, -0.2) is 13.4 Å². The molecule has 10 heteroatoms. The van der Waals surface area contributed by atoms with Crippen molar-refractivity contribution < 1.29 is 23.1 Å². The fraction of sp³-hybridized carbons (Fsp3) is 0.688. The first-order chi connectivity index (χ1) is 12.0. The Bertz CT molecular complexity index is 759. The van der Waals surface area contributed by atoms with Crippen molar-refractivity contribution in [3.05, 3.63) is 12.0 Å². The number of sulfonamides is 1. The lowest BCUT2D eigenvalue weighted by molar-refractivity contribution is -0.148. The van der Waals surface area contributed by atoms with Gasteiger partial charge in [-0.2, -0.15) is 4.31 Å². The smallest absolute Gasteiger partial charge is 0.323 e. The normalized spacial score (nSPS) is 16.8. The van der Waals surface area contributed by atoms with Crippen LogP contribution in [0.25, 0.3) is 0 Å². The number of aromatic nitrogens is 2. The third-order valence-electron chi connectivity index (χ3n) is 4.71. The number of piperidine rings is 1. The van der Waals surface area contributed by atoms with Crippen LogP contribution in [0.5, 0.6) is 0 Å². The predicted octanol–water partition coefficient (Wildman–Crippen LogP) is 0.451. The van der Waals surface area contributed by atoms with E-state index >= 15 is 0 Å². The second kappa shape index (κ2) is 7.75. The van der Waals surface area contributed by atoms with Crippen molar-refractivity contribution in [3.8, 4) is 0 Å². The number of carbonyl (C=O) groups excluding carboxylic acids is 1. The molecule has 0 bridgehead atoms. The molecule has 2 heterocycles. The Kier molecular flexibility index (Phi) is 6.07. The average molecular weight is 386 g/mol. The highest BCUT2D eigenvalue weighted by Gasteiger charge is 2.35. The molecule has 1 aliphatic heterocycles. The molecule has 0 saturated carbocycles. The highest BCUT2D eigenvalue weighted by molar-refractivity contribution is 7.89. The summed E-state index contributed by atoms with van der Waals surface area (Å²) < 4.78 is 28.4. The second-order valence-electron chi connectivity index (χ2n) is 6.87. The first-order valence-electron chi connectivity index (χ1n) is 8.56. The zero-order chi connectivity index (χ0) is 19.6. The molecule has 26 heavy (non-hydrogen) atoms. The number of amides is 1. The van der Waals surface area contributed by atoms with Crippen LogP contribution in [0.3, 0.4) is 0 Å². The van der Waals surface area contributed by atoms with E-state index in [0.29, 0.717) is 18.7 Å². The molecule has 1 aliphatic rings. The number of carbonyl (C=O) groups is 2. The van der Waals surface area contributed by atoms with Crippen LogP contribution in [0.2, 0.25) is 0 Å². The third kappa shape index (κ3) is 4.24. The number of aryl methyl sites for hydroxylation is 2. The van der Waals surface area contributed by atoms with Crippen molar-refractivity contribution in [2.75, 3.05) is 19.6 Å². The second-order valence-corrected chi connectivity index (χ2v) is 8.75. The Morgan fingerprint density at radius 2 is 1.92 bits per heavy atom. The molecule has 1 fully saturated rings. The zero-order valence-electron chi connectivity index (χ0n) is 15.5. The van der Waals surface area contributed by atoms with Gasteiger partial charge < -0.3 is 14.6 Å². The monoisotopic (exact) mass is 386 g/mol. The molecule has 1 saturated heterocycles. The van der Waals surface area contributed by atoms with Crippen LogP contribution in [0.15, 0.2) is 11.2 Å². The summed E-state index contributed by atoms with van der Waals surface area (Å²) in [5, 5.41) is 9.00. The van der Waals surface area contributed by atoms with Crippen molar-refractivity contribution in [1.82, 2.24) is 18.8 Å². The van der Waals surface area contributed by atoms with E-state index in [4.69, 9.17) is 5.11 Å². The molecule has 1 aromatic heterocycles. The molecule has 0 unspecified atom stereocenters. The van der Waals surface area contributed by atoms with Crippen LogP contribution >= 0.6 is 0 Å². The number of hydrogen-bond acceptors (Lipinski definition) is 5. The van der Waals surface area contributed by atoms with Crippen molar-refractivity contribution in [2.45, 2.75) is 44.7 Å². The highest BCUT2D eigenvalue weighted by atomic mass is 32.2. The molecule has 1 aromatic rings. The largest absolute Gasteiger partial charge is 0.480 e. The van der Waals surface area contributed by atoms with Gasteiger partial charge in [-0.3, -0.25) is 9.59 Å². The molecular formula is C16H26N4O5S. The van der Waals surface area contributed by atoms with Crippen LogP contribution in [0, 0.1) is 12.8 Å². The lowest BCUT2D eigenvalue weighted by Crippen LogP contribution is -2.47. The topological polar surface area (TPSA) is 113 Å². The minimum atomic E-state index is -3.69. The zero-order valence-corrected chi connectivity index (χ0v) is 16.4. The van der Waals surface area contributed by atoms with Crippen molar-refractivity contribution in [2.24, 2.45) is 13.0 Å². The van der Waals surface area contributed by atoms with Gasteiger partial charge in [0, 0.05) is 38.3 Å². The molecule has 2 rings (SSSR count). The van der Waals surface area contributed by atoms with Gasteiger partial charge in [0.25, 0.3) is 10.0 Å². The SMILES string of the molecule is Cc1nc(S(=O)(=O)N2CCC(C(=O)N(CC(=O)O)C(C)C)CC2)cn1C. The maximum atomic E-state index is 12.7. The first kappa shape index (κ1) is 20.4. The van der Waals surface area contributed by atoms with Gasteiger partial charge in [0.1, 0.15) is 12.4 Å². The standard InChI is InChI=1S/C16H26N4O5S/c1-11(2)20(10-15(21)22)16(23)13-5-7-19(8-6-13)26(24,25)14-9-18(4)12(3)17-14/h9,11,13H,5-8,10H2,1-4H3,(H,21,22). The molecule has 0 aromatic carbocycles. The quantitative estimate of drug-likeness (QED) is 0.760. The summed E-state index contributed by atoms with van der Waals surface area (Å²) in [6.45, 7) is 5.35. The summed E-state index contributed by atoms with van der Waals surface area (Å²) >= 11 is 0. The molecule has 9 nitrogen and oxygen atoms in total. The van der Waals surface area contributed by atoms with Crippen LogP contribution in [0.1, 0.15) is 32.5 Å². The molecule has 0 spiro atoms. The van der Waals surface area contributed by atoms with Gasteiger partial charge in [0.2, 0.25) is 5.91 Å². The Hall–Kier alpha value is -1.94. The van der Waals surface area contributed by atoms with Gasteiger partial charge in [-0.15, -0.1) is 0 Å². The van der Waals surface area contributed by atoms with Crippen molar-refractivity contribution >= 4 is 21.9 Å². The number of imidazole rings is 1. The van der Waals surface area contributed by atoms with E-state index in [1.54, 1.807) is 32.4 Å². The van der Waals surface area contributed by atoms with E-state index in [9.17, 15) is 18.0 Å². The number of nitrogens with zero attached hydrogens (tertiary/aromatic N) is 4. The third-order valence-corrected chi connectivity index (χ3v) is 6.48. The van der Waals surface area contributed by atoms with Gasteiger partial charge >= 0.3 is 5.97 Å². The predicted molar refractivity (Wildman–Crippen MR) is 93.9 cm³/mol. The summed E-state index contributed by atoms with van der Waals surface area (Å²) in [5.74, 6) is -1.05. The van der Waals surface area contributed by atoms with E-state index < -0.39 is 16.0 Å². The fourth-order valence-electron chi connectivity index (χ4n) is 3.02. The van der Waals surface area contributed by atoms with E-state index in [1.165, 1.54) is 15.4 Å². The molecule has 1 N–H and O–H groups in total. The Morgan fingerprint density at radius 1 is 1.35 bits per heavy atom. The Labute approximate surface area is 153 Å². The van der Waals surface area contributed by atoms with E-state index in [0.717, 1.165) is 0 Å². The number of rotatable bonds is 6. The molecule has 0 aliphatic carbocycles. The molecule has 1 amide bonds. The van der Waals surface area contributed by atoms with Crippen molar-refractivity contribution in [3.63, 3.8) is 0 Å². The lowest BCUT2D eigenvalue weighted by Gasteiger charge is -2.34. The number of carboxylic acids is 1. The maximum absolute atomic E-state index is 12.7. The minimum Gasteiger partial charge on any atom is -0.480 e. The van der Waals surface area contributed by atoms with Gasteiger partial charge in [0.05, 0.1) is 0 Å². The van der Waals surface area contributed by atoms with E-state index in [-0.39, 0.29) is 42.5 Å². The van der Waals surface area contributed by atoms with Gasteiger partial charge in [-0.1, -0.05) is 0 Å². The van der Waals surface area contributed by atoms with Crippen LogP contribution in [-0.4, -0.2) is 69.8 Å². The number of carboxylic acid groups (broad SMARTS) is 1. The average Bonchev–Trinajstić information content (AvgIpc) is 2.91. The summed E-state index contributed by atoms with van der Waals surface area (Å²) in [6.07, 6.45) is 2.22. The van der Waals surface area contributed by atoms with Gasteiger partial charge in [-0.05, 0) is 33.6 Å².